The third-order valence-corrected chi connectivity index (χ3v) is 25.1. The first kappa shape index (κ1) is 123. The molecule has 14 bridgehead atoms. The van der Waals surface area contributed by atoms with Crippen molar-refractivity contribution in [2.24, 2.45) is 0 Å². The fourth-order valence-corrected chi connectivity index (χ4v) is 19.5. The van der Waals surface area contributed by atoms with Gasteiger partial charge in [-0.25, -0.2) is 0 Å². The minimum atomic E-state index is -2.05. The molecule has 21 aliphatic heterocycles. The van der Waals surface area contributed by atoms with Crippen molar-refractivity contribution in [3.8, 4) is 0 Å². The number of carboxylic acids is 14. The maximum atomic E-state index is 12.9. The second-order valence-corrected chi connectivity index (χ2v) is 35.0. The summed E-state index contributed by atoms with van der Waals surface area (Å²) in [5.41, 5.74) is 0. The van der Waals surface area contributed by atoms with E-state index in [9.17, 15) is 139 Å². The Balaban J connectivity index is 1.49. The summed E-state index contributed by atoms with van der Waals surface area (Å²) >= 11 is 0. The monoisotopic (exact) mass is 2140 g/mol. The average Bonchev–Trinajstić information content (AvgIpc) is 0.871. The van der Waals surface area contributed by atoms with Crippen LogP contribution >= 0.6 is 0 Å². The molecule has 0 spiro atoms. The molecule has 21 rings (SSSR count). The Morgan fingerprint density at radius 1 is 0.150 bits per heavy atom. The van der Waals surface area contributed by atoms with Gasteiger partial charge in [-0.05, 0) is 0 Å². The van der Waals surface area contributed by atoms with Crippen LogP contribution in [0.2, 0.25) is 0 Å². The van der Waals surface area contributed by atoms with Gasteiger partial charge in [-0.15, -0.1) is 0 Å². The third kappa shape index (κ3) is 34.1. The molecule has 147 heavy (non-hydrogen) atoms. The summed E-state index contributed by atoms with van der Waals surface area (Å²) in [5.74, 6) is -22.7. The van der Waals surface area contributed by atoms with Crippen molar-refractivity contribution in [3.63, 3.8) is 0 Å². The Labute approximate surface area is 838 Å². The fourth-order valence-electron chi connectivity index (χ4n) is 19.5. The van der Waals surface area contributed by atoms with Crippen molar-refractivity contribution >= 4 is 83.6 Å². The van der Waals surface area contributed by atoms with Gasteiger partial charge >= 0.3 is 83.6 Å². The van der Waals surface area contributed by atoms with Gasteiger partial charge in [-0.3, -0.25) is 101 Å². The lowest BCUT2D eigenvalue weighted by Gasteiger charge is -2.53. The van der Waals surface area contributed by atoms with Crippen LogP contribution in [-0.4, -0.2) is 641 Å². The molecule has 63 heteroatoms. The van der Waals surface area contributed by atoms with Gasteiger partial charge in [0.25, 0.3) is 0 Å². The number of carboxylic acid groups (broad SMARTS) is 14. The number of ether oxygens (including phenoxy) is 28. The molecule has 21 heterocycles. The van der Waals surface area contributed by atoms with Gasteiger partial charge in [-0.1, -0.05) is 0 Å². The van der Waals surface area contributed by atoms with E-state index in [1.807, 2.05) is 0 Å². The lowest BCUT2D eigenvalue weighted by Crippen LogP contribution is -2.70. The molecule has 0 aromatic rings. The number of rotatable bonds is 56. The summed E-state index contributed by atoms with van der Waals surface area (Å²) in [6.45, 7) is -21.3. The topological polar surface area (TPSA) is 803 Å². The number of carbonyl (C=O) groups is 14. The Hall–Kier alpha value is -8.82. The molecule has 21 saturated heterocycles. The number of nitrogens with zero attached hydrogens (tertiary/aromatic N) is 7. The van der Waals surface area contributed by atoms with Crippen molar-refractivity contribution in [2.75, 3.05) is 237 Å². The van der Waals surface area contributed by atoms with Crippen LogP contribution in [0.15, 0.2) is 0 Å². The number of methoxy groups -OCH3 is 14. The highest BCUT2D eigenvalue weighted by Gasteiger charge is 2.64. The lowest BCUT2D eigenvalue weighted by atomic mass is 9.93. The van der Waals surface area contributed by atoms with E-state index in [0.29, 0.717) is 0 Å². The van der Waals surface area contributed by atoms with Gasteiger partial charge in [-0.2, -0.15) is 0 Å². The van der Waals surface area contributed by atoms with E-state index in [0.717, 1.165) is 134 Å². The van der Waals surface area contributed by atoms with Crippen LogP contribution in [0.5, 0.6) is 0 Å². The minimum absolute atomic E-state index is 0.846. The van der Waals surface area contributed by atoms with E-state index < -0.39 is 436 Å². The first-order valence-corrected chi connectivity index (χ1v) is 45.4. The van der Waals surface area contributed by atoms with Crippen LogP contribution in [0.3, 0.4) is 0 Å². The molecular weight excluding hydrogens is 2000 g/mol. The minimum Gasteiger partial charge on any atom is -0.480 e. The average molecular weight is 2140 g/mol. The van der Waals surface area contributed by atoms with E-state index >= 15 is 0 Å². The molecule has 14 N–H and O–H groups in total. The zero-order valence-corrected chi connectivity index (χ0v) is 82.6. The van der Waals surface area contributed by atoms with Crippen molar-refractivity contribution in [2.45, 2.75) is 215 Å². The van der Waals surface area contributed by atoms with Crippen molar-refractivity contribution in [1.29, 1.82) is 0 Å². The highest BCUT2D eigenvalue weighted by Crippen LogP contribution is 2.44. The molecule has 35 atom stereocenters. The molecule has 0 saturated carbocycles. The van der Waals surface area contributed by atoms with Crippen LogP contribution in [0.4, 0.5) is 0 Å². The Bertz CT molecular complexity index is 3430. The normalized spacial score (nSPS) is 34.5. The molecule has 0 amide bonds. The van der Waals surface area contributed by atoms with Crippen molar-refractivity contribution in [1.82, 2.24) is 34.3 Å². The summed E-state index contributed by atoms with van der Waals surface area (Å²) < 4.78 is 185. The van der Waals surface area contributed by atoms with Gasteiger partial charge in [0, 0.05) is 145 Å². The predicted octanol–water partition coefficient (Wildman–Crippen LogP) is -9.72. The van der Waals surface area contributed by atoms with Gasteiger partial charge in [0.1, 0.15) is 171 Å². The molecule has 0 aliphatic carbocycles. The van der Waals surface area contributed by atoms with Crippen LogP contribution in [0, 0.1) is 0 Å². The van der Waals surface area contributed by atoms with E-state index in [1.165, 1.54) is 0 Å². The van der Waals surface area contributed by atoms with Crippen molar-refractivity contribution in [3.05, 3.63) is 0 Å². The van der Waals surface area contributed by atoms with E-state index in [2.05, 4.69) is 0 Å². The summed E-state index contributed by atoms with van der Waals surface area (Å²) in [5, 5.41) is 146. The van der Waals surface area contributed by atoms with Gasteiger partial charge < -0.3 is 204 Å². The first-order chi connectivity index (χ1) is 69.7. The largest absolute Gasteiger partial charge is 0.480 e. The van der Waals surface area contributed by atoms with Crippen LogP contribution in [0.25, 0.3) is 0 Å². The van der Waals surface area contributed by atoms with Crippen LogP contribution < -0.4 is 0 Å². The second kappa shape index (κ2) is 58.7. The fraction of sp³-hybridized carbons (Fsp3) is 0.833. The molecule has 21 fully saturated rings. The van der Waals surface area contributed by atoms with E-state index in [1.54, 1.807) is 0 Å². The summed E-state index contributed by atoms with van der Waals surface area (Å²) in [6.07, 6.45) is -65.4. The maximum absolute atomic E-state index is 12.9. The molecule has 63 nitrogen and oxygen atoms in total. The standard InChI is InChI=1S/C84H133N7O56/c1-120-64-57-36(15-85(22-43(92)93)23-44(94)95)134-78(71(64)127-8)142-58-37(16-86(24-45(96)97)25-46(98)99)136-80(73(129-10)65(58)121-2)144-60-39(18-88(28-49(104)105)29-50(106)107)138-82(75(131-12)67(60)123-4)146-62-41(20-90(32-53(112)113)33-54(114)115)140-84(77(133-14)69(62)125-6)147-63-42(21-91(34-55(116)117)35-56(118)119)139-83(76(132-13)70(63)126-7)145-61-40(19-89(30-51(108)109)31-52(110)111)137-81(74(130-11)68(61)124-5)143-59-38(17-87(26-47(100)101)27-48(102)103)135-79(141-57)72(128-9)66(59)122-3/h36-42,57-84H,15-35H2,1-14H3,(H,92,93)(H,94,95)(H,96,97)(H,98,99)(H,100,101)(H,102,103)(H,104,105)(H,106,107)(H,108,109)(H,110,111)(H,112,113)(H,114,115)(H,116,117)(H,118,119)/t36-,37-,38-,39-,40-,41-,42-,57-,58-,59-,60-,61-,62-,63-,64+,65+,66+,67+,68+,69+,70+,71-,72-,73-,74-,75-,76-,77-,78-,79-,80-,81-,82-,83-,84-/m1/s1. The molecule has 0 unspecified atom stereocenters. The van der Waals surface area contributed by atoms with Gasteiger partial charge in [0.05, 0.1) is 91.6 Å². The first-order valence-electron chi connectivity index (χ1n) is 45.4. The third-order valence-electron chi connectivity index (χ3n) is 25.1. The van der Waals surface area contributed by atoms with E-state index in [-0.39, 0.29) is 0 Å². The molecule has 0 aromatic heterocycles. The number of aliphatic carboxylic acids is 14. The smallest absolute Gasteiger partial charge is 0.317 e. The van der Waals surface area contributed by atoms with Crippen LogP contribution in [0.1, 0.15) is 0 Å². The zero-order chi connectivity index (χ0) is 109. The SMILES string of the molecule is CO[C@@H]1[C@@H](OC)[C@H]2O[C@H]3[C@H](OC)[C@@H](OC)[C@@H](O[C@H]4[C@H](OC)[C@@H](OC)[C@@H](O[C@H]5[C@H](OC)[C@@H](OC)[C@@H](O[C@H]6[C@H](OC)[C@@H](OC)[C@@H](O[C@H]7[C@H](OC)[C@@H](OC)[C@@H](O[C@H]8[C@H](OC)[C@@H](OC)[C@@H](O[C@@H]1[C@@H](CN(CC(=O)O)CC(=O)O)O2)O[C@@H]8CN(CC(=O)O)CC(=O)O)O[C@@H]7CN(CC(=O)O)CC(=O)O)O[C@@H]6CN(CC(=O)O)CC(=O)O)O[C@@H]5CN(CC(=O)O)CC(=O)O)O[C@@H]4CN(CC(=O)O)CC(=O)O)O[C@@H]3CN(CC(=O)O)CC(=O)O. The number of hydrogen-bond acceptors (Lipinski definition) is 49. The maximum Gasteiger partial charge on any atom is 0.317 e. The number of hydrogen-bond donors (Lipinski definition) is 14. The summed E-state index contributed by atoms with van der Waals surface area (Å²) in [7, 11) is 15.3. The van der Waals surface area contributed by atoms with Crippen molar-refractivity contribution < 1.29 is 271 Å². The quantitative estimate of drug-likeness (QED) is 0.0269. The lowest BCUT2D eigenvalue weighted by molar-refractivity contribution is -0.400. The Morgan fingerprint density at radius 3 is 0.299 bits per heavy atom. The molecule has 21 aliphatic rings. The Morgan fingerprint density at radius 2 is 0.231 bits per heavy atom. The Kier molecular flexibility index (Phi) is 49.3. The molecular formula is C84H133N7O56. The molecule has 840 valence electrons. The zero-order valence-electron chi connectivity index (χ0n) is 82.6. The molecule has 0 radical (unpaired) electrons. The van der Waals surface area contributed by atoms with Gasteiger partial charge in [0.15, 0.2) is 44.0 Å². The van der Waals surface area contributed by atoms with Gasteiger partial charge in [0.2, 0.25) is 0 Å². The highest BCUT2D eigenvalue weighted by atomic mass is 16.8. The van der Waals surface area contributed by atoms with E-state index in [4.69, 9.17) is 133 Å². The summed E-state index contributed by atoms with van der Waals surface area (Å²) in [4.78, 5) is 187. The molecule has 0 aromatic carbocycles. The predicted molar refractivity (Wildman–Crippen MR) is 468 cm³/mol. The van der Waals surface area contributed by atoms with Crippen LogP contribution in [-0.2, 0) is 200 Å². The second-order valence-electron chi connectivity index (χ2n) is 35.0. The highest BCUT2D eigenvalue weighted by molar-refractivity contribution is 5.76. The summed E-state index contributed by atoms with van der Waals surface area (Å²) in [6, 6.07) is 0.